The summed E-state index contributed by atoms with van der Waals surface area (Å²) in [6, 6.07) is 10.2. The Labute approximate surface area is 136 Å². The van der Waals surface area contributed by atoms with Crippen LogP contribution >= 0.6 is 28.1 Å². The lowest BCUT2D eigenvalue weighted by molar-refractivity contribution is 0.0851. The summed E-state index contributed by atoms with van der Waals surface area (Å²) in [6.45, 7) is 1.75. The molecule has 0 bridgehead atoms. The molecule has 1 amide bonds. The molecular weight excluding hydrogens is 352 g/mol. The van der Waals surface area contributed by atoms with E-state index in [0.717, 1.165) is 10.0 Å². The fourth-order valence-electron chi connectivity index (χ4n) is 1.91. The van der Waals surface area contributed by atoms with Crippen LogP contribution in [-0.4, -0.2) is 22.0 Å². The molecule has 3 N–H and O–H groups in total. The monoisotopic (exact) mass is 366 g/mol. The van der Waals surface area contributed by atoms with Crippen molar-refractivity contribution in [3.63, 3.8) is 0 Å². The van der Waals surface area contributed by atoms with Crippen LogP contribution in [0.1, 0.15) is 28.9 Å². The highest BCUT2D eigenvalue weighted by molar-refractivity contribution is 9.10. The molecule has 0 radical (unpaired) electrons. The number of nitrogens with one attached hydrogen (secondary N) is 2. The van der Waals surface area contributed by atoms with Gasteiger partial charge in [0.15, 0.2) is 0 Å². The minimum Gasteiger partial charge on any atom is -0.386 e. The molecular formula is C15H15BrN2O2S. The largest absolute Gasteiger partial charge is 0.386 e. The van der Waals surface area contributed by atoms with Gasteiger partial charge in [-0.25, -0.2) is 0 Å². The highest BCUT2D eigenvalue weighted by atomic mass is 79.9. The van der Waals surface area contributed by atoms with Gasteiger partial charge in [0, 0.05) is 10.7 Å². The molecule has 1 aromatic heterocycles. The van der Waals surface area contributed by atoms with Gasteiger partial charge in [0.05, 0.1) is 17.7 Å². The van der Waals surface area contributed by atoms with Crippen LogP contribution in [0.3, 0.4) is 0 Å². The summed E-state index contributed by atoms with van der Waals surface area (Å²) in [4.78, 5) is 15.0. The molecule has 2 unspecified atom stereocenters. The van der Waals surface area contributed by atoms with E-state index in [9.17, 15) is 9.90 Å². The molecule has 2 aromatic rings. The number of aromatic amines is 1. The van der Waals surface area contributed by atoms with E-state index in [1.54, 1.807) is 25.3 Å². The lowest BCUT2D eigenvalue weighted by Crippen LogP contribution is -2.37. The van der Waals surface area contributed by atoms with Gasteiger partial charge in [-0.3, -0.25) is 4.79 Å². The molecule has 4 nitrogen and oxygen atoms in total. The van der Waals surface area contributed by atoms with Crippen molar-refractivity contribution in [2.75, 3.05) is 0 Å². The van der Waals surface area contributed by atoms with Crippen molar-refractivity contribution in [2.24, 2.45) is 0 Å². The van der Waals surface area contributed by atoms with Gasteiger partial charge in [-0.05, 0) is 36.8 Å². The molecule has 110 valence electrons. The number of aliphatic hydroxyl groups excluding tert-OH is 1. The van der Waals surface area contributed by atoms with Crippen LogP contribution in [0.5, 0.6) is 0 Å². The van der Waals surface area contributed by atoms with Crippen LogP contribution < -0.4 is 5.32 Å². The number of aromatic nitrogens is 1. The van der Waals surface area contributed by atoms with Crippen LogP contribution in [0, 0.1) is 4.64 Å². The highest BCUT2D eigenvalue weighted by Gasteiger charge is 2.19. The second-order valence-electron chi connectivity index (χ2n) is 4.67. The predicted molar refractivity (Wildman–Crippen MR) is 87.7 cm³/mol. The molecule has 2 atom stereocenters. The zero-order chi connectivity index (χ0) is 15.4. The van der Waals surface area contributed by atoms with Crippen molar-refractivity contribution in [1.29, 1.82) is 0 Å². The third-order valence-corrected chi connectivity index (χ3v) is 3.97. The second kappa shape index (κ2) is 6.98. The van der Waals surface area contributed by atoms with Gasteiger partial charge in [0.25, 0.3) is 5.91 Å². The number of hydrogen-bond acceptors (Lipinski definition) is 3. The average molecular weight is 367 g/mol. The molecule has 1 aromatic carbocycles. The van der Waals surface area contributed by atoms with E-state index in [4.69, 9.17) is 12.2 Å². The number of amides is 1. The van der Waals surface area contributed by atoms with Crippen LogP contribution in [0.15, 0.2) is 47.1 Å². The van der Waals surface area contributed by atoms with Gasteiger partial charge >= 0.3 is 0 Å². The van der Waals surface area contributed by atoms with E-state index in [1.165, 1.54) is 0 Å². The van der Waals surface area contributed by atoms with Crippen LogP contribution in [0.4, 0.5) is 0 Å². The number of rotatable bonds is 4. The molecule has 0 spiro atoms. The Kier molecular flexibility index (Phi) is 5.27. The standard InChI is InChI=1S/C15H15BrN2O2S/c1-9(13(19)10-4-6-11(16)7-5-10)18-14(20)12-3-2-8-17-15(12)21/h2-9,13,19H,1H3,(H,17,21)(H,18,20). The maximum Gasteiger partial charge on any atom is 0.254 e. The first-order valence-electron chi connectivity index (χ1n) is 6.41. The molecule has 0 aliphatic rings. The summed E-state index contributed by atoms with van der Waals surface area (Å²) in [5.41, 5.74) is 1.13. The van der Waals surface area contributed by atoms with E-state index in [0.29, 0.717) is 10.2 Å². The molecule has 21 heavy (non-hydrogen) atoms. The number of aliphatic hydroxyl groups is 1. The van der Waals surface area contributed by atoms with Crippen LogP contribution in [-0.2, 0) is 0 Å². The normalized spacial score (nSPS) is 13.5. The van der Waals surface area contributed by atoms with Crippen molar-refractivity contribution in [1.82, 2.24) is 10.3 Å². The van der Waals surface area contributed by atoms with Gasteiger partial charge in [0.2, 0.25) is 0 Å². The highest BCUT2D eigenvalue weighted by Crippen LogP contribution is 2.19. The third-order valence-electron chi connectivity index (χ3n) is 3.11. The second-order valence-corrected chi connectivity index (χ2v) is 6.00. The average Bonchev–Trinajstić information content (AvgIpc) is 2.47. The minimum atomic E-state index is -0.789. The fraction of sp³-hybridized carbons (Fsp3) is 0.200. The Morgan fingerprint density at radius 2 is 2.00 bits per heavy atom. The Morgan fingerprint density at radius 1 is 1.33 bits per heavy atom. The molecule has 0 aliphatic carbocycles. The number of pyridine rings is 1. The van der Waals surface area contributed by atoms with E-state index >= 15 is 0 Å². The third kappa shape index (κ3) is 4.00. The van der Waals surface area contributed by atoms with Gasteiger partial charge in [-0.1, -0.05) is 40.3 Å². The first kappa shape index (κ1) is 15.9. The topological polar surface area (TPSA) is 65.1 Å². The minimum absolute atomic E-state index is 0.305. The summed E-state index contributed by atoms with van der Waals surface area (Å²) in [7, 11) is 0. The first-order chi connectivity index (χ1) is 9.99. The Morgan fingerprint density at radius 3 is 2.62 bits per heavy atom. The van der Waals surface area contributed by atoms with Crippen molar-refractivity contribution in [3.8, 4) is 0 Å². The molecule has 2 rings (SSSR count). The summed E-state index contributed by atoms with van der Waals surface area (Å²) in [5.74, 6) is -0.305. The van der Waals surface area contributed by atoms with Gasteiger partial charge in [0.1, 0.15) is 4.64 Å². The zero-order valence-electron chi connectivity index (χ0n) is 11.3. The van der Waals surface area contributed by atoms with Crippen molar-refractivity contribution in [3.05, 3.63) is 62.8 Å². The van der Waals surface area contributed by atoms with Crippen molar-refractivity contribution < 1.29 is 9.90 Å². The Bertz CT molecular complexity index is 685. The molecule has 0 aliphatic heterocycles. The maximum atomic E-state index is 12.1. The number of benzene rings is 1. The lowest BCUT2D eigenvalue weighted by atomic mass is 10.0. The summed E-state index contributed by atoms with van der Waals surface area (Å²) in [5, 5.41) is 13.0. The van der Waals surface area contributed by atoms with Crippen molar-refractivity contribution in [2.45, 2.75) is 19.1 Å². The maximum absolute atomic E-state index is 12.1. The number of carbonyl (C=O) groups excluding carboxylic acids is 1. The number of hydrogen-bond donors (Lipinski definition) is 3. The van der Waals surface area contributed by atoms with Crippen LogP contribution in [0.2, 0.25) is 0 Å². The summed E-state index contributed by atoms with van der Waals surface area (Å²) < 4.78 is 1.31. The van der Waals surface area contributed by atoms with Gasteiger partial charge in [-0.15, -0.1) is 0 Å². The molecule has 1 heterocycles. The van der Waals surface area contributed by atoms with E-state index in [2.05, 4.69) is 26.2 Å². The Hall–Kier alpha value is -1.50. The number of H-pyrrole nitrogens is 1. The molecule has 6 heteroatoms. The van der Waals surface area contributed by atoms with Gasteiger partial charge in [-0.2, -0.15) is 0 Å². The molecule has 0 fully saturated rings. The van der Waals surface area contributed by atoms with Crippen LogP contribution in [0.25, 0.3) is 0 Å². The molecule has 0 saturated carbocycles. The van der Waals surface area contributed by atoms with E-state index < -0.39 is 12.1 Å². The fourth-order valence-corrected chi connectivity index (χ4v) is 2.41. The number of halogens is 1. The predicted octanol–water partition coefficient (Wildman–Crippen LogP) is 3.36. The Balaban J connectivity index is 2.09. The van der Waals surface area contributed by atoms with E-state index in [-0.39, 0.29) is 5.91 Å². The van der Waals surface area contributed by atoms with Crippen molar-refractivity contribution >= 4 is 34.1 Å². The summed E-state index contributed by atoms with van der Waals surface area (Å²) >= 11 is 8.41. The smallest absolute Gasteiger partial charge is 0.254 e. The first-order valence-corrected chi connectivity index (χ1v) is 7.61. The number of carbonyl (C=O) groups is 1. The SMILES string of the molecule is CC(NC(=O)c1ccc[nH]c1=S)C(O)c1ccc(Br)cc1. The quantitative estimate of drug-likeness (QED) is 0.726. The zero-order valence-corrected chi connectivity index (χ0v) is 13.7. The lowest BCUT2D eigenvalue weighted by Gasteiger charge is -2.20. The van der Waals surface area contributed by atoms with Gasteiger partial charge < -0.3 is 15.4 Å². The molecule has 0 saturated heterocycles. The van der Waals surface area contributed by atoms with E-state index in [1.807, 2.05) is 24.3 Å². The summed E-state index contributed by atoms with van der Waals surface area (Å²) in [6.07, 6.45) is 0.877.